The third-order valence-electron chi connectivity index (χ3n) is 11.3. The highest BCUT2D eigenvalue weighted by atomic mass is 16.5. The first kappa shape index (κ1) is 30.5. The van der Waals surface area contributed by atoms with Gasteiger partial charge in [0.15, 0.2) is 5.78 Å². The predicted octanol–water partition coefficient (Wildman–Crippen LogP) is 7.12. The number of H-pyrrole nitrogens is 2. The summed E-state index contributed by atoms with van der Waals surface area (Å²) in [5, 5.41) is 10.7. The fourth-order valence-electron chi connectivity index (χ4n) is 8.90. The van der Waals surface area contributed by atoms with Crippen LogP contribution >= 0.6 is 0 Å². The number of carbonyl (C=O) groups excluding carboxylic acids is 2. The van der Waals surface area contributed by atoms with Crippen LogP contribution in [0.5, 0.6) is 5.75 Å². The Morgan fingerprint density at radius 2 is 1.98 bits per heavy atom. The second-order valence-electron chi connectivity index (χ2n) is 13.8. The number of aromatic amines is 2. The van der Waals surface area contributed by atoms with Crippen LogP contribution in [0.3, 0.4) is 0 Å². The quantitative estimate of drug-likeness (QED) is 0.141. The Morgan fingerprint density at radius 3 is 2.76 bits per heavy atom. The Kier molecular flexibility index (Phi) is 7.87. The minimum Gasteiger partial charge on any atom is -0.494 e. The number of allylic oxidation sites excluding steroid dienone is 1. The molecule has 0 saturated heterocycles. The van der Waals surface area contributed by atoms with Gasteiger partial charge < -0.3 is 24.5 Å². The van der Waals surface area contributed by atoms with Gasteiger partial charge in [-0.15, -0.1) is 0 Å². The summed E-state index contributed by atoms with van der Waals surface area (Å²) >= 11 is 0. The molecule has 4 aliphatic rings. The van der Waals surface area contributed by atoms with Crippen LogP contribution in [-0.4, -0.2) is 45.8 Å². The van der Waals surface area contributed by atoms with Crippen molar-refractivity contribution in [1.82, 2.24) is 9.97 Å². The molecule has 1 aromatic carbocycles. The number of aliphatic imine (C=N–C) groups is 1. The Balaban J connectivity index is 0.990. The normalized spacial score (nSPS) is 27.5. The van der Waals surface area contributed by atoms with Crippen molar-refractivity contribution in [2.24, 2.45) is 22.2 Å². The number of aryl methyl sites for hydroxylation is 2. The van der Waals surface area contributed by atoms with Crippen LogP contribution in [0.2, 0.25) is 0 Å². The van der Waals surface area contributed by atoms with Gasteiger partial charge in [-0.05, 0) is 123 Å². The fraction of sp³-hybridized carbons (Fsp3) is 0.447. The number of benzene rings is 1. The van der Waals surface area contributed by atoms with Crippen LogP contribution in [-0.2, 0) is 16.0 Å². The Labute approximate surface area is 270 Å². The molecule has 3 heterocycles. The molecule has 0 amide bonds. The third kappa shape index (κ3) is 5.26. The van der Waals surface area contributed by atoms with E-state index in [4.69, 9.17) is 14.5 Å². The predicted molar refractivity (Wildman–Crippen MR) is 177 cm³/mol. The molecule has 8 heteroatoms. The number of hydrogen-bond donors (Lipinski definition) is 3. The summed E-state index contributed by atoms with van der Waals surface area (Å²) in [6.07, 6.45) is 11.8. The number of esters is 1. The maximum atomic E-state index is 13.3. The van der Waals surface area contributed by atoms with E-state index in [1.807, 2.05) is 56.5 Å². The molecule has 2 saturated carbocycles. The average molecular weight is 622 g/mol. The van der Waals surface area contributed by atoms with Crippen LogP contribution in [0.4, 0.5) is 0 Å². The molecular weight excluding hydrogens is 578 g/mol. The maximum Gasteiger partial charge on any atom is 0.311 e. The van der Waals surface area contributed by atoms with E-state index < -0.39 is 5.97 Å². The molecule has 5 atom stereocenters. The summed E-state index contributed by atoms with van der Waals surface area (Å²) in [6.45, 7) is 6.07. The van der Waals surface area contributed by atoms with Crippen molar-refractivity contribution in [1.29, 1.82) is 0 Å². The van der Waals surface area contributed by atoms with Crippen LogP contribution in [0.1, 0.15) is 102 Å². The van der Waals surface area contributed by atoms with Gasteiger partial charge in [0.05, 0.1) is 31.0 Å². The number of aliphatic hydroxyl groups excluding tert-OH is 1. The number of fused-ring (bicyclic) bond motifs is 5. The van der Waals surface area contributed by atoms with Crippen LogP contribution in [0.25, 0.3) is 6.08 Å². The first-order valence-corrected chi connectivity index (χ1v) is 16.6. The zero-order chi connectivity index (χ0) is 32.2. The number of ether oxygens (including phenoxy) is 2. The minimum absolute atomic E-state index is 0.00402. The zero-order valence-electron chi connectivity index (χ0n) is 27.1. The molecule has 3 aliphatic carbocycles. The van der Waals surface area contributed by atoms with Crippen molar-refractivity contribution in [3.05, 3.63) is 93.4 Å². The molecule has 2 unspecified atom stereocenters. The van der Waals surface area contributed by atoms with Gasteiger partial charge in [-0.25, -0.2) is 4.99 Å². The van der Waals surface area contributed by atoms with Gasteiger partial charge in [0, 0.05) is 35.6 Å². The smallest absolute Gasteiger partial charge is 0.311 e. The average Bonchev–Trinajstić information content (AvgIpc) is 3.83. The lowest BCUT2D eigenvalue weighted by molar-refractivity contribution is -0.134. The van der Waals surface area contributed by atoms with E-state index in [9.17, 15) is 14.7 Å². The lowest BCUT2D eigenvalue weighted by atomic mass is 9.55. The van der Waals surface area contributed by atoms with Crippen LogP contribution < -0.4 is 4.74 Å². The number of aliphatic hydroxyl groups is 1. The number of aromatic nitrogens is 2. The molecule has 2 aromatic heterocycles. The minimum atomic E-state index is -0.407. The van der Waals surface area contributed by atoms with E-state index in [1.165, 1.54) is 11.1 Å². The standard InChI is InChI=1S/C38H43N3O5/c1-21-30(19-32-34(45-4)20-31(41-32)29-6-5-17-39-29)40-22(2)37(21)33(42)12-14-36(44)46-24-8-10-25-23(18-24)7-9-27-26(25)15-16-38(3)28(27)11-13-35(38)43/h5-6,8,10,17-20,26-28,35,39-40,43H,7,9,11-16H2,1-4H3/b32-19-/t26?,27?,28-,35-,38-/m0/s1. The SMILES string of the molecule is COC1=CC(c2ccc[nH]2)=N/C1=C\c1[nH]c(C)c(C(=O)CCC(=O)Oc2ccc3c(c2)CCC2C3CC[C@]3(C)[C@@H](O)CC[C@@H]23)c1C. The molecule has 46 heavy (non-hydrogen) atoms. The summed E-state index contributed by atoms with van der Waals surface area (Å²) in [7, 11) is 1.61. The van der Waals surface area contributed by atoms with Crippen molar-refractivity contribution in [3.8, 4) is 5.75 Å². The molecule has 0 bridgehead atoms. The Bertz CT molecular complexity index is 1780. The van der Waals surface area contributed by atoms with Crippen molar-refractivity contribution >= 4 is 23.5 Å². The number of rotatable bonds is 8. The second-order valence-corrected chi connectivity index (χ2v) is 13.8. The lowest BCUT2D eigenvalue weighted by Crippen LogP contribution is -2.43. The van der Waals surface area contributed by atoms with E-state index in [0.717, 1.165) is 66.9 Å². The number of ketones is 1. The highest BCUT2D eigenvalue weighted by molar-refractivity contribution is 6.11. The lowest BCUT2D eigenvalue weighted by Gasteiger charge is -2.50. The highest BCUT2D eigenvalue weighted by Gasteiger charge is 2.54. The number of carbonyl (C=O) groups is 2. The summed E-state index contributed by atoms with van der Waals surface area (Å²) in [4.78, 5) is 37.4. The second kappa shape index (κ2) is 11.9. The number of nitrogens with one attached hydrogen (secondary N) is 2. The molecule has 8 nitrogen and oxygen atoms in total. The molecule has 240 valence electrons. The highest BCUT2D eigenvalue weighted by Crippen LogP contribution is 2.61. The molecule has 1 aliphatic heterocycles. The van der Waals surface area contributed by atoms with Crippen molar-refractivity contribution < 1.29 is 24.2 Å². The first-order chi connectivity index (χ1) is 22.2. The van der Waals surface area contributed by atoms with E-state index in [0.29, 0.717) is 40.5 Å². The van der Waals surface area contributed by atoms with E-state index in [2.05, 4.69) is 23.0 Å². The van der Waals surface area contributed by atoms with E-state index in [-0.39, 0.29) is 30.1 Å². The van der Waals surface area contributed by atoms with Gasteiger partial charge in [0.1, 0.15) is 17.2 Å². The third-order valence-corrected chi connectivity index (χ3v) is 11.3. The summed E-state index contributed by atoms with van der Waals surface area (Å²) in [5.74, 6) is 2.40. The van der Waals surface area contributed by atoms with Gasteiger partial charge in [-0.1, -0.05) is 13.0 Å². The van der Waals surface area contributed by atoms with Crippen molar-refractivity contribution in [3.63, 3.8) is 0 Å². The van der Waals surface area contributed by atoms with Crippen LogP contribution in [0, 0.1) is 31.1 Å². The number of methoxy groups -OCH3 is 1. The Morgan fingerprint density at radius 1 is 1.13 bits per heavy atom. The van der Waals surface area contributed by atoms with E-state index >= 15 is 0 Å². The molecule has 0 spiro atoms. The summed E-state index contributed by atoms with van der Waals surface area (Å²) < 4.78 is 11.3. The molecular formula is C38H43N3O5. The molecule has 3 N–H and O–H groups in total. The summed E-state index contributed by atoms with van der Waals surface area (Å²) in [6, 6.07) is 9.95. The molecule has 7 rings (SSSR count). The summed E-state index contributed by atoms with van der Waals surface area (Å²) in [5.41, 5.74) is 7.98. The number of Topliss-reactive ketones (excluding diaryl/α,β-unsaturated/α-hetero) is 1. The number of nitrogens with zero attached hydrogens (tertiary/aromatic N) is 1. The molecule has 3 aromatic rings. The topological polar surface area (TPSA) is 117 Å². The van der Waals surface area contributed by atoms with Crippen LogP contribution in [0.15, 0.2) is 59.1 Å². The van der Waals surface area contributed by atoms with Gasteiger partial charge in [0.25, 0.3) is 0 Å². The maximum absolute atomic E-state index is 13.3. The Hall–Kier alpha value is -4.17. The van der Waals surface area contributed by atoms with Gasteiger partial charge in [-0.3, -0.25) is 9.59 Å². The molecule has 0 radical (unpaired) electrons. The van der Waals surface area contributed by atoms with Crippen molar-refractivity contribution in [2.75, 3.05) is 7.11 Å². The van der Waals surface area contributed by atoms with E-state index in [1.54, 1.807) is 7.11 Å². The van der Waals surface area contributed by atoms with Gasteiger partial charge in [0.2, 0.25) is 0 Å². The largest absolute Gasteiger partial charge is 0.494 e. The molecule has 2 fully saturated rings. The fourth-order valence-corrected chi connectivity index (χ4v) is 8.90. The van der Waals surface area contributed by atoms with Gasteiger partial charge >= 0.3 is 5.97 Å². The van der Waals surface area contributed by atoms with Gasteiger partial charge in [-0.2, -0.15) is 0 Å². The number of hydrogen-bond acceptors (Lipinski definition) is 6. The van der Waals surface area contributed by atoms with Crippen molar-refractivity contribution in [2.45, 2.75) is 84.2 Å². The first-order valence-electron chi connectivity index (χ1n) is 16.6. The monoisotopic (exact) mass is 621 g/mol. The zero-order valence-corrected chi connectivity index (χ0v) is 27.1.